The van der Waals surface area contributed by atoms with Crippen LogP contribution < -0.4 is 15.5 Å². The van der Waals surface area contributed by atoms with Crippen LogP contribution in [0.3, 0.4) is 0 Å². The Morgan fingerprint density at radius 3 is 2.83 bits per heavy atom. The first-order valence-electron chi connectivity index (χ1n) is 7.44. The zero-order chi connectivity index (χ0) is 16.2. The normalized spacial score (nSPS) is 17.1. The molecule has 3 rings (SSSR count). The summed E-state index contributed by atoms with van der Waals surface area (Å²) in [7, 11) is 0. The summed E-state index contributed by atoms with van der Waals surface area (Å²) in [6, 6.07) is 13.8. The number of para-hydroxylation sites is 1. The van der Waals surface area contributed by atoms with E-state index < -0.39 is 0 Å². The molecule has 1 aliphatic rings. The number of benzene rings is 2. The number of rotatable bonds is 3. The quantitative estimate of drug-likeness (QED) is 0.849. The minimum absolute atomic E-state index is 0.0424. The molecule has 0 spiro atoms. The molecular formula is C17H17BrFN3O. The summed E-state index contributed by atoms with van der Waals surface area (Å²) >= 11 is 3.40. The van der Waals surface area contributed by atoms with Gasteiger partial charge in [-0.3, -0.25) is 0 Å². The maximum atomic E-state index is 13.3. The van der Waals surface area contributed by atoms with Crippen molar-refractivity contribution in [2.45, 2.75) is 12.5 Å². The van der Waals surface area contributed by atoms with Crippen molar-refractivity contribution in [3.63, 3.8) is 0 Å². The van der Waals surface area contributed by atoms with E-state index in [0.29, 0.717) is 6.54 Å². The molecule has 2 N–H and O–H groups in total. The van der Waals surface area contributed by atoms with Crippen molar-refractivity contribution in [3.05, 3.63) is 58.8 Å². The molecule has 1 atom stereocenters. The van der Waals surface area contributed by atoms with Crippen molar-refractivity contribution < 1.29 is 9.18 Å². The highest BCUT2D eigenvalue weighted by Crippen LogP contribution is 2.22. The minimum atomic E-state index is -0.245. The Labute approximate surface area is 142 Å². The molecule has 1 unspecified atom stereocenters. The van der Waals surface area contributed by atoms with Gasteiger partial charge in [-0.2, -0.15) is 0 Å². The van der Waals surface area contributed by atoms with E-state index in [2.05, 4.69) is 31.5 Å². The van der Waals surface area contributed by atoms with Crippen LogP contribution in [0, 0.1) is 5.82 Å². The second-order valence-electron chi connectivity index (χ2n) is 5.49. The molecule has 1 heterocycles. The molecule has 1 fully saturated rings. The summed E-state index contributed by atoms with van der Waals surface area (Å²) in [5.74, 6) is -0.245. The fourth-order valence-electron chi connectivity index (χ4n) is 2.69. The average Bonchev–Trinajstić information content (AvgIpc) is 2.98. The Hall–Kier alpha value is -2.08. The Balaban J connectivity index is 1.55. The Morgan fingerprint density at radius 2 is 2.04 bits per heavy atom. The molecule has 2 amide bonds. The first kappa shape index (κ1) is 15.8. The van der Waals surface area contributed by atoms with E-state index >= 15 is 0 Å². The number of carbonyl (C=O) groups is 1. The first-order chi connectivity index (χ1) is 11.1. The number of halogens is 2. The highest BCUT2D eigenvalue weighted by atomic mass is 79.9. The topological polar surface area (TPSA) is 44.4 Å². The van der Waals surface area contributed by atoms with Crippen LogP contribution in [0.25, 0.3) is 0 Å². The number of urea groups is 1. The molecule has 23 heavy (non-hydrogen) atoms. The molecule has 6 heteroatoms. The number of nitrogens with one attached hydrogen (secondary N) is 2. The molecule has 0 radical (unpaired) electrons. The van der Waals surface area contributed by atoms with Crippen molar-refractivity contribution in [1.82, 2.24) is 5.32 Å². The summed E-state index contributed by atoms with van der Waals surface area (Å²) in [5, 5.41) is 5.79. The van der Waals surface area contributed by atoms with Crippen LogP contribution in [0.2, 0.25) is 0 Å². The summed E-state index contributed by atoms with van der Waals surface area (Å²) in [6.45, 7) is 1.47. The van der Waals surface area contributed by atoms with Crippen LogP contribution in [0.4, 0.5) is 20.6 Å². The molecule has 0 aromatic heterocycles. The average molecular weight is 378 g/mol. The molecule has 4 nitrogen and oxygen atoms in total. The standard InChI is InChI=1S/C17H17BrFN3O/c18-15-6-1-2-7-16(15)21-17(23)20-13-8-9-22(11-13)14-5-3-4-12(19)10-14/h1-7,10,13H,8-9,11H2,(H2,20,21,23). The monoisotopic (exact) mass is 377 g/mol. The Bertz CT molecular complexity index is 710. The van der Waals surface area contributed by atoms with Crippen molar-refractivity contribution in [2.24, 2.45) is 0 Å². The van der Waals surface area contributed by atoms with Crippen molar-refractivity contribution in [3.8, 4) is 0 Å². The second kappa shape index (κ2) is 7.00. The van der Waals surface area contributed by atoms with Gasteiger partial charge in [0.2, 0.25) is 0 Å². The van der Waals surface area contributed by atoms with Gasteiger partial charge in [0.15, 0.2) is 0 Å². The number of carbonyl (C=O) groups excluding carboxylic acids is 1. The van der Waals surface area contributed by atoms with Gasteiger partial charge in [-0.15, -0.1) is 0 Å². The maximum absolute atomic E-state index is 13.3. The SMILES string of the molecule is O=C(Nc1ccccc1Br)NC1CCN(c2cccc(F)c2)C1. The summed E-state index contributed by atoms with van der Waals surface area (Å²) < 4.78 is 14.1. The van der Waals surface area contributed by atoms with Gasteiger partial charge in [0.1, 0.15) is 5.82 Å². The fourth-order valence-corrected chi connectivity index (χ4v) is 3.08. The van der Waals surface area contributed by atoms with Crippen LogP contribution in [0.15, 0.2) is 53.0 Å². The highest BCUT2D eigenvalue weighted by Gasteiger charge is 2.24. The molecule has 0 saturated carbocycles. The third-order valence-corrected chi connectivity index (χ3v) is 4.51. The Morgan fingerprint density at radius 1 is 1.22 bits per heavy atom. The summed E-state index contributed by atoms with van der Waals surface area (Å²) in [5.41, 5.74) is 1.57. The van der Waals surface area contributed by atoms with Crippen molar-refractivity contribution in [2.75, 3.05) is 23.3 Å². The molecular weight excluding hydrogens is 361 g/mol. The van der Waals surface area contributed by atoms with Gasteiger partial charge in [-0.1, -0.05) is 18.2 Å². The maximum Gasteiger partial charge on any atom is 0.319 e. The first-order valence-corrected chi connectivity index (χ1v) is 8.24. The third-order valence-electron chi connectivity index (χ3n) is 3.82. The van der Waals surface area contributed by atoms with E-state index in [4.69, 9.17) is 0 Å². The second-order valence-corrected chi connectivity index (χ2v) is 6.34. The van der Waals surface area contributed by atoms with Crippen molar-refractivity contribution in [1.29, 1.82) is 0 Å². The predicted octanol–water partition coefficient (Wildman–Crippen LogP) is 3.99. The lowest BCUT2D eigenvalue weighted by Gasteiger charge is -2.19. The molecule has 2 aromatic carbocycles. The largest absolute Gasteiger partial charge is 0.369 e. The molecule has 2 aromatic rings. The number of nitrogens with zero attached hydrogens (tertiary/aromatic N) is 1. The fraction of sp³-hybridized carbons (Fsp3) is 0.235. The predicted molar refractivity (Wildman–Crippen MR) is 93.3 cm³/mol. The molecule has 0 bridgehead atoms. The molecule has 120 valence electrons. The zero-order valence-electron chi connectivity index (χ0n) is 12.4. The van der Waals surface area contributed by atoms with Crippen molar-refractivity contribution >= 4 is 33.3 Å². The van der Waals surface area contributed by atoms with Crippen LogP contribution >= 0.6 is 15.9 Å². The third kappa shape index (κ3) is 4.01. The smallest absolute Gasteiger partial charge is 0.319 e. The molecule has 1 aliphatic heterocycles. The van der Waals surface area contributed by atoms with E-state index in [1.807, 2.05) is 30.3 Å². The van der Waals surface area contributed by atoms with Gasteiger partial charge in [0, 0.05) is 29.3 Å². The summed E-state index contributed by atoms with van der Waals surface area (Å²) in [4.78, 5) is 14.2. The number of amides is 2. The van der Waals surface area contributed by atoms with Gasteiger partial charge >= 0.3 is 6.03 Å². The number of hydrogen-bond acceptors (Lipinski definition) is 2. The van der Waals surface area contributed by atoms with Gasteiger partial charge in [-0.05, 0) is 52.7 Å². The van der Waals surface area contributed by atoms with Gasteiger partial charge in [-0.25, -0.2) is 9.18 Å². The van der Waals surface area contributed by atoms with Gasteiger partial charge in [0.25, 0.3) is 0 Å². The van der Waals surface area contributed by atoms with Gasteiger partial charge in [0.05, 0.1) is 5.69 Å². The van der Waals surface area contributed by atoms with E-state index in [0.717, 1.165) is 28.8 Å². The lowest BCUT2D eigenvalue weighted by molar-refractivity contribution is 0.249. The van der Waals surface area contributed by atoms with E-state index in [-0.39, 0.29) is 17.9 Å². The highest BCUT2D eigenvalue weighted by molar-refractivity contribution is 9.10. The van der Waals surface area contributed by atoms with Crippen LogP contribution in [0.5, 0.6) is 0 Å². The summed E-state index contributed by atoms with van der Waals surface area (Å²) in [6.07, 6.45) is 0.833. The number of anilines is 2. The van der Waals surface area contributed by atoms with E-state index in [9.17, 15) is 9.18 Å². The lowest BCUT2D eigenvalue weighted by Crippen LogP contribution is -2.39. The van der Waals surface area contributed by atoms with E-state index in [1.54, 1.807) is 6.07 Å². The van der Waals surface area contributed by atoms with Crippen LogP contribution in [0.1, 0.15) is 6.42 Å². The van der Waals surface area contributed by atoms with Crippen LogP contribution in [-0.4, -0.2) is 25.2 Å². The molecule has 1 saturated heterocycles. The lowest BCUT2D eigenvalue weighted by atomic mass is 10.2. The number of hydrogen-bond donors (Lipinski definition) is 2. The van der Waals surface area contributed by atoms with Crippen LogP contribution in [-0.2, 0) is 0 Å². The molecule has 0 aliphatic carbocycles. The minimum Gasteiger partial charge on any atom is -0.369 e. The zero-order valence-corrected chi connectivity index (χ0v) is 14.0. The van der Waals surface area contributed by atoms with Gasteiger partial charge < -0.3 is 15.5 Å². The van der Waals surface area contributed by atoms with E-state index in [1.165, 1.54) is 12.1 Å². The Kier molecular flexibility index (Phi) is 4.81.